The number of ether oxygens (including phenoxy) is 1. The van der Waals surface area contributed by atoms with Crippen molar-refractivity contribution in [1.29, 1.82) is 0 Å². The molecule has 3 unspecified atom stereocenters. The highest BCUT2D eigenvalue weighted by molar-refractivity contribution is 5.00. The van der Waals surface area contributed by atoms with Gasteiger partial charge in [0.25, 0.3) is 0 Å². The van der Waals surface area contributed by atoms with Crippen molar-refractivity contribution in [3.8, 4) is 11.8 Å². The zero-order chi connectivity index (χ0) is 9.68. The third-order valence-corrected chi connectivity index (χ3v) is 2.67. The van der Waals surface area contributed by atoms with E-state index in [1.807, 2.05) is 14.0 Å². The van der Waals surface area contributed by atoms with Crippen molar-refractivity contribution >= 4 is 0 Å². The van der Waals surface area contributed by atoms with Gasteiger partial charge in [-0.05, 0) is 27.3 Å². The molecular weight excluding hydrogens is 162 g/mol. The fourth-order valence-electron chi connectivity index (χ4n) is 1.85. The lowest BCUT2D eigenvalue weighted by atomic mass is 9.95. The molecule has 74 valence electrons. The Hall–Kier alpha value is -0.520. The first-order valence-corrected chi connectivity index (χ1v) is 4.96. The number of rotatable bonds is 3. The van der Waals surface area contributed by atoms with Crippen molar-refractivity contribution in [2.24, 2.45) is 5.92 Å². The van der Waals surface area contributed by atoms with Gasteiger partial charge in [0.15, 0.2) is 0 Å². The average Bonchev–Trinajstić information content (AvgIpc) is 2.54. The molecule has 0 bridgehead atoms. The highest BCUT2D eigenvalue weighted by Gasteiger charge is 2.27. The van der Waals surface area contributed by atoms with Gasteiger partial charge in [-0.1, -0.05) is 0 Å². The zero-order valence-corrected chi connectivity index (χ0v) is 8.76. The molecule has 1 fully saturated rings. The van der Waals surface area contributed by atoms with Gasteiger partial charge in [0.2, 0.25) is 0 Å². The molecule has 0 radical (unpaired) electrons. The maximum absolute atomic E-state index is 5.54. The van der Waals surface area contributed by atoms with E-state index in [0.717, 1.165) is 19.4 Å². The monoisotopic (exact) mass is 181 g/mol. The van der Waals surface area contributed by atoms with E-state index in [1.165, 1.54) is 0 Å². The molecule has 0 saturated carbocycles. The van der Waals surface area contributed by atoms with Gasteiger partial charge in [-0.25, -0.2) is 0 Å². The summed E-state index contributed by atoms with van der Waals surface area (Å²) < 4.78 is 5.54. The summed E-state index contributed by atoms with van der Waals surface area (Å²) in [7, 11) is 2.00. The Kier molecular flexibility index (Phi) is 4.27. The van der Waals surface area contributed by atoms with E-state index in [0.29, 0.717) is 18.1 Å². The van der Waals surface area contributed by atoms with Crippen LogP contribution in [0.3, 0.4) is 0 Å². The summed E-state index contributed by atoms with van der Waals surface area (Å²) in [6.45, 7) is 4.91. The van der Waals surface area contributed by atoms with Crippen molar-refractivity contribution < 1.29 is 4.74 Å². The molecule has 0 spiro atoms. The van der Waals surface area contributed by atoms with Crippen molar-refractivity contribution in [3.05, 3.63) is 0 Å². The van der Waals surface area contributed by atoms with Crippen LogP contribution in [-0.2, 0) is 4.74 Å². The summed E-state index contributed by atoms with van der Waals surface area (Å²) in [5, 5.41) is 3.32. The summed E-state index contributed by atoms with van der Waals surface area (Å²) >= 11 is 0. The van der Waals surface area contributed by atoms with Gasteiger partial charge >= 0.3 is 0 Å². The fraction of sp³-hybridized carbons (Fsp3) is 0.818. The molecule has 1 N–H and O–H groups in total. The fourth-order valence-corrected chi connectivity index (χ4v) is 1.85. The first kappa shape index (κ1) is 10.6. The summed E-state index contributed by atoms with van der Waals surface area (Å²) in [6.07, 6.45) is 2.53. The van der Waals surface area contributed by atoms with Crippen LogP contribution in [0.1, 0.15) is 26.7 Å². The molecule has 1 saturated heterocycles. The van der Waals surface area contributed by atoms with E-state index in [4.69, 9.17) is 4.74 Å². The molecule has 13 heavy (non-hydrogen) atoms. The minimum absolute atomic E-state index is 0.426. The van der Waals surface area contributed by atoms with Crippen LogP contribution in [0.4, 0.5) is 0 Å². The van der Waals surface area contributed by atoms with Crippen LogP contribution in [-0.4, -0.2) is 25.8 Å². The van der Waals surface area contributed by atoms with E-state index in [-0.39, 0.29) is 0 Å². The third kappa shape index (κ3) is 3.02. The van der Waals surface area contributed by atoms with Crippen molar-refractivity contribution in [3.63, 3.8) is 0 Å². The summed E-state index contributed by atoms with van der Waals surface area (Å²) in [5.41, 5.74) is 0. The molecule has 2 heteroatoms. The summed E-state index contributed by atoms with van der Waals surface area (Å²) in [6, 6.07) is 0.498. The first-order chi connectivity index (χ1) is 6.27. The van der Waals surface area contributed by atoms with E-state index in [9.17, 15) is 0 Å². The second kappa shape index (κ2) is 5.26. The predicted molar refractivity (Wildman–Crippen MR) is 54.4 cm³/mol. The highest BCUT2D eigenvalue weighted by Crippen LogP contribution is 2.23. The third-order valence-electron chi connectivity index (χ3n) is 2.67. The van der Waals surface area contributed by atoms with Crippen LogP contribution < -0.4 is 5.32 Å². The van der Waals surface area contributed by atoms with Crippen LogP contribution in [0.2, 0.25) is 0 Å². The lowest BCUT2D eigenvalue weighted by Gasteiger charge is -2.19. The normalized spacial score (nSPS) is 29.5. The van der Waals surface area contributed by atoms with E-state index in [1.54, 1.807) is 0 Å². The van der Waals surface area contributed by atoms with Gasteiger partial charge in [-0.3, -0.25) is 0 Å². The quantitative estimate of drug-likeness (QED) is 0.665. The minimum Gasteiger partial charge on any atom is -0.378 e. The molecular formula is C11H19NO. The van der Waals surface area contributed by atoms with Crippen LogP contribution in [0, 0.1) is 17.8 Å². The largest absolute Gasteiger partial charge is 0.378 e. The second-order valence-corrected chi connectivity index (χ2v) is 3.67. The first-order valence-electron chi connectivity index (χ1n) is 4.96. The van der Waals surface area contributed by atoms with Crippen LogP contribution in [0.25, 0.3) is 0 Å². The molecule has 1 aliphatic heterocycles. The molecule has 0 amide bonds. The van der Waals surface area contributed by atoms with Crippen LogP contribution in [0.15, 0.2) is 0 Å². The Morgan fingerprint density at radius 1 is 1.62 bits per heavy atom. The number of hydrogen-bond donors (Lipinski definition) is 1. The van der Waals surface area contributed by atoms with Gasteiger partial charge in [0, 0.05) is 18.4 Å². The number of nitrogens with one attached hydrogen (secondary N) is 1. The summed E-state index contributed by atoms with van der Waals surface area (Å²) in [4.78, 5) is 0. The summed E-state index contributed by atoms with van der Waals surface area (Å²) in [5.74, 6) is 6.70. The molecule has 0 aliphatic carbocycles. The van der Waals surface area contributed by atoms with Crippen molar-refractivity contribution in [2.45, 2.75) is 38.8 Å². The van der Waals surface area contributed by atoms with Crippen LogP contribution in [0.5, 0.6) is 0 Å². The Bertz CT molecular complexity index is 204. The van der Waals surface area contributed by atoms with E-state index in [2.05, 4.69) is 24.1 Å². The van der Waals surface area contributed by atoms with Crippen molar-refractivity contribution in [1.82, 2.24) is 5.32 Å². The predicted octanol–water partition coefficient (Wildman–Crippen LogP) is 1.41. The Labute approximate surface area is 81.0 Å². The maximum Gasteiger partial charge on any atom is 0.0551 e. The highest BCUT2D eigenvalue weighted by atomic mass is 16.5. The average molecular weight is 181 g/mol. The Morgan fingerprint density at radius 2 is 2.38 bits per heavy atom. The maximum atomic E-state index is 5.54. The Morgan fingerprint density at radius 3 is 2.85 bits per heavy atom. The molecule has 0 aromatic rings. The lowest BCUT2D eigenvalue weighted by Crippen LogP contribution is -2.33. The van der Waals surface area contributed by atoms with Gasteiger partial charge in [0.05, 0.1) is 12.7 Å². The van der Waals surface area contributed by atoms with Crippen LogP contribution >= 0.6 is 0 Å². The Balaban J connectivity index is 2.40. The molecule has 1 heterocycles. The van der Waals surface area contributed by atoms with Gasteiger partial charge in [0.1, 0.15) is 0 Å². The molecule has 1 aliphatic rings. The molecule has 1 rings (SSSR count). The van der Waals surface area contributed by atoms with E-state index >= 15 is 0 Å². The molecule has 2 nitrogen and oxygen atoms in total. The van der Waals surface area contributed by atoms with Gasteiger partial charge < -0.3 is 10.1 Å². The standard InChI is InChI=1S/C11H19NO/c1-4-5-6-11(12-3)10-7-9(2)13-8-10/h9-12H,6-8H2,1-3H3. The van der Waals surface area contributed by atoms with Crippen molar-refractivity contribution in [2.75, 3.05) is 13.7 Å². The molecule has 0 aromatic heterocycles. The molecule has 0 aromatic carbocycles. The second-order valence-electron chi connectivity index (χ2n) is 3.67. The number of hydrogen-bond acceptors (Lipinski definition) is 2. The lowest BCUT2D eigenvalue weighted by molar-refractivity contribution is 0.117. The van der Waals surface area contributed by atoms with Gasteiger partial charge in [-0.15, -0.1) is 11.8 Å². The topological polar surface area (TPSA) is 21.3 Å². The SMILES string of the molecule is CC#CCC(NC)C1COC(C)C1. The smallest absolute Gasteiger partial charge is 0.0551 e. The molecule has 3 atom stereocenters. The van der Waals surface area contributed by atoms with Gasteiger partial charge in [-0.2, -0.15) is 0 Å². The minimum atomic E-state index is 0.426. The zero-order valence-electron chi connectivity index (χ0n) is 8.76. The van der Waals surface area contributed by atoms with E-state index < -0.39 is 0 Å².